The Morgan fingerprint density at radius 2 is 1.57 bits per heavy atom. The maximum atomic E-state index is 13.8. The first-order valence-electron chi connectivity index (χ1n) is 15.3. The monoisotopic (exact) mass is 574 g/mol. The Balaban J connectivity index is 1.33. The fraction of sp³-hybridized carbons (Fsp3) is 0.459. The average Bonchev–Trinajstić information content (AvgIpc) is 3.33. The van der Waals surface area contributed by atoms with Crippen molar-refractivity contribution >= 4 is 11.6 Å². The van der Waals surface area contributed by atoms with Crippen molar-refractivity contribution in [2.24, 2.45) is 11.3 Å². The van der Waals surface area contributed by atoms with Crippen LogP contribution in [-0.4, -0.2) is 11.6 Å². The van der Waals surface area contributed by atoms with Gasteiger partial charge in [-0.05, 0) is 95.4 Å². The Bertz CT molecular complexity index is 1450. The Morgan fingerprint density at radius 3 is 2.33 bits per heavy atom. The number of hydrogen-bond acceptors (Lipinski definition) is 2. The summed E-state index contributed by atoms with van der Waals surface area (Å²) in [6.07, 6.45) is 2.87. The first-order chi connectivity index (χ1) is 19.9. The van der Waals surface area contributed by atoms with Gasteiger partial charge in [-0.3, -0.25) is 9.59 Å². The zero-order chi connectivity index (χ0) is 30.1. The van der Waals surface area contributed by atoms with Crippen LogP contribution in [0.25, 0.3) is 11.1 Å². The van der Waals surface area contributed by atoms with Crippen LogP contribution >= 0.6 is 0 Å². The van der Waals surface area contributed by atoms with E-state index in [0.29, 0.717) is 35.7 Å². The van der Waals surface area contributed by atoms with Crippen LogP contribution in [-0.2, 0) is 28.6 Å². The van der Waals surface area contributed by atoms with Crippen LogP contribution in [0.2, 0.25) is 0 Å². The van der Waals surface area contributed by atoms with Gasteiger partial charge in [-0.15, -0.1) is 0 Å². The summed E-state index contributed by atoms with van der Waals surface area (Å²) in [6.45, 7) is 6.32. The molecule has 0 N–H and O–H groups in total. The van der Waals surface area contributed by atoms with Gasteiger partial charge in [0.15, 0.2) is 0 Å². The van der Waals surface area contributed by atoms with Crippen LogP contribution in [0.1, 0.15) is 105 Å². The highest BCUT2D eigenvalue weighted by Gasteiger charge is 2.33. The zero-order valence-electron chi connectivity index (χ0n) is 24.9. The van der Waals surface area contributed by atoms with E-state index in [1.165, 1.54) is 17.7 Å². The van der Waals surface area contributed by atoms with Crippen LogP contribution in [0.15, 0.2) is 66.7 Å². The molecule has 3 unspecified atom stereocenters. The number of carbonyl (C=O) groups excluding carboxylic acids is 2. The van der Waals surface area contributed by atoms with E-state index in [1.807, 2.05) is 30.3 Å². The molecule has 1 fully saturated rings. The van der Waals surface area contributed by atoms with Crippen LogP contribution in [0.4, 0.5) is 13.2 Å². The van der Waals surface area contributed by atoms with E-state index in [4.69, 9.17) is 0 Å². The molecule has 2 aliphatic rings. The molecule has 3 aromatic carbocycles. The van der Waals surface area contributed by atoms with Crippen LogP contribution in [0.5, 0.6) is 0 Å². The van der Waals surface area contributed by atoms with E-state index in [-0.39, 0.29) is 23.0 Å². The summed E-state index contributed by atoms with van der Waals surface area (Å²) >= 11 is 0. The second-order valence-electron chi connectivity index (χ2n) is 13.6. The lowest BCUT2D eigenvalue weighted by atomic mass is 9.84. The lowest BCUT2D eigenvalue weighted by Crippen LogP contribution is -2.19. The third kappa shape index (κ3) is 7.22. The fourth-order valence-corrected chi connectivity index (χ4v) is 6.88. The standard InChI is InChI=1S/C37H41F3O2/c1-36(2,3)23-35(42)30-17-16-28(20-30)26-10-6-8-24(18-26)19-34(41)32-13-5-4-9-25-14-15-29(22-33(25)32)27-11-7-12-31(21-27)37(38,39)40/h6-8,10-12,14-15,18,21-22,28,30,32H,4-5,9,13,16-17,19-20,23H2,1-3H3. The summed E-state index contributed by atoms with van der Waals surface area (Å²) in [5.41, 5.74) is 4.81. The molecule has 222 valence electrons. The van der Waals surface area contributed by atoms with Gasteiger partial charge in [-0.25, -0.2) is 0 Å². The molecule has 0 amide bonds. The number of rotatable bonds is 7. The summed E-state index contributed by atoms with van der Waals surface area (Å²) in [7, 11) is 0. The molecule has 2 aliphatic carbocycles. The minimum Gasteiger partial charge on any atom is -0.299 e. The van der Waals surface area contributed by atoms with Crippen molar-refractivity contribution in [3.63, 3.8) is 0 Å². The number of aryl methyl sites for hydroxylation is 1. The molecule has 0 radical (unpaired) electrons. The molecule has 1 saturated carbocycles. The normalized spacial score (nSPS) is 21.0. The number of fused-ring (bicyclic) bond motifs is 1. The maximum absolute atomic E-state index is 13.8. The van der Waals surface area contributed by atoms with Crippen LogP contribution < -0.4 is 0 Å². The van der Waals surface area contributed by atoms with Crippen molar-refractivity contribution in [3.05, 3.63) is 94.5 Å². The van der Waals surface area contributed by atoms with E-state index in [0.717, 1.165) is 67.7 Å². The van der Waals surface area contributed by atoms with Crippen molar-refractivity contribution in [1.29, 1.82) is 0 Å². The Labute approximate surface area is 247 Å². The number of Topliss-reactive ketones (excluding diaryl/α,β-unsaturated/α-hetero) is 2. The molecule has 0 heterocycles. The molecular formula is C37H41F3O2. The number of benzene rings is 3. The van der Waals surface area contributed by atoms with Gasteiger partial charge < -0.3 is 0 Å². The second-order valence-corrected chi connectivity index (χ2v) is 13.6. The summed E-state index contributed by atoms with van der Waals surface area (Å²) in [5.74, 6) is 0.701. The summed E-state index contributed by atoms with van der Waals surface area (Å²) in [4.78, 5) is 26.7. The second kappa shape index (κ2) is 12.2. The Hall–Kier alpha value is -3.21. The predicted octanol–water partition coefficient (Wildman–Crippen LogP) is 9.88. The van der Waals surface area contributed by atoms with Crippen LogP contribution in [0, 0.1) is 11.3 Å². The third-order valence-electron chi connectivity index (χ3n) is 9.02. The molecule has 5 heteroatoms. The lowest BCUT2D eigenvalue weighted by molar-refractivity contribution is -0.137. The van der Waals surface area contributed by atoms with E-state index >= 15 is 0 Å². The van der Waals surface area contributed by atoms with Gasteiger partial charge in [0, 0.05) is 24.7 Å². The summed E-state index contributed by atoms with van der Waals surface area (Å²) in [6, 6.07) is 19.5. The molecule has 5 rings (SSSR count). The molecule has 0 saturated heterocycles. The number of hydrogen-bond donors (Lipinski definition) is 0. The SMILES string of the molecule is CC(C)(C)CC(=O)C1CCC(c2cccc(CC(=O)C3CCCCc4ccc(-c5cccc(C(F)(F)F)c5)cc43)c2)C1. The predicted molar refractivity (Wildman–Crippen MR) is 161 cm³/mol. The van der Waals surface area contributed by atoms with E-state index in [9.17, 15) is 22.8 Å². The van der Waals surface area contributed by atoms with Crippen molar-refractivity contribution in [2.45, 2.75) is 96.6 Å². The first-order valence-corrected chi connectivity index (χ1v) is 15.3. The molecular weight excluding hydrogens is 533 g/mol. The van der Waals surface area contributed by atoms with Gasteiger partial charge >= 0.3 is 6.18 Å². The van der Waals surface area contributed by atoms with Gasteiger partial charge in [0.1, 0.15) is 11.6 Å². The largest absolute Gasteiger partial charge is 0.416 e. The molecule has 2 nitrogen and oxygen atoms in total. The van der Waals surface area contributed by atoms with Gasteiger partial charge in [0.05, 0.1) is 5.56 Å². The molecule has 0 aliphatic heterocycles. The highest BCUT2D eigenvalue weighted by molar-refractivity contribution is 5.88. The molecule has 3 aromatic rings. The van der Waals surface area contributed by atoms with Crippen molar-refractivity contribution < 1.29 is 22.8 Å². The number of halogens is 3. The molecule has 42 heavy (non-hydrogen) atoms. The van der Waals surface area contributed by atoms with Gasteiger partial charge in [-0.1, -0.05) is 81.8 Å². The van der Waals surface area contributed by atoms with Crippen LogP contribution in [0.3, 0.4) is 0 Å². The lowest BCUT2D eigenvalue weighted by Gasteiger charge is -2.20. The maximum Gasteiger partial charge on any atom is 0.416 e. The summed E-state index contributed by atoms with van der Waals surface area (Å²) < 4.78 is 40.1. The van der Waals surface area contributed by atoms with E-state index in [2.05, 4.69) is 32.9 Å². The average molecular weight is 575 g/mol. The highest BCUT2D eigenvalue weighted by Crippen LogP contribution is 2.41. The minimum absolute atomic E-state index is 0.0000669. The minimum atomic E-state index is -4.41. The molecule has 3 atom stereocenters. The molecule has 0 aromatic heterocycles. The van der Waals surface area contributed by atoms with Gasteiger partial charge in [-0.2, -0.15) is 13.2 Å². The van der Waals surface area contributed by atoms with Gasteiger partial charge in [0.2, 0.25) is 0 Å². The van der Waals surface area contributed by atoms with Crippen molar-refractivity contribution in [1.82, 2.24) is 0 Å². The zero-order valence-corrected chi connectivity index (χ0v) is 24.9. The fourth-order valence-electron chi connectivity index (χ4n) is 6.88. The van der Waals surface area contributed by atoms with Crippen molar-refractivity contribution in [3.8, 4) is 11.1 Å². The topological polar surface area (TPSA) is 34.1 Å². The first kappa shape index (κ1) is 30.3. The number of alkyl halides is 3. The van der Waals surface area contributed by atoms with Gasteiger partial charge in [0.25, 0.3) is 0 Å². The smallest absolute Gasteiger partial charge is 0.299 e. The highest BCUT2D eigenvalue weighted by atomic mass is 19.4. The quantitative estimate of drug-likeness (QED) is 0.263. The molecule has 0 bridgehead atoms. The van der Waals surface area contributed by atoms with Crippen molar-refractivity contribution in [2.75, 3.05) is 0 Å². The Morgan fingerprint density at radius 1 is 0.810 bits per heavy atom. The summed E-state index contributed by atoms with van der Waals surface area (Å²) in [5, 5.41) is 0. The third-order valence-corrected chi connectivity index (χ3v) is 9.02. The molecule has 0 spiro atoms. The van der Waals surface area contributed by atoms with E-state index in [1.54, 1.807) is 6.07 Å². The van der Waals surface area contributed by atoms with E-state index < -0.39 is 11.7 Å². The number of ketones is 2. The number of carbonyl (C=O) groups is 2. The Kier molecular flexibility index (Phi) is 8.78.